The molecule has 0 atom stereocenters. The summed E-state index contributed by atoms with van der Waals surface area (Å²) in [6, 6.07) is 1.28. The first-order valence-electron chi connectivity index (χ1n) is 3.74. The second-order valence-electron chi connectivity index (χ2n) is 2.38. The third kappa shape index (κ3) is 3.10. The van der Waals surface area contributed by atoms with Crippen molar-refractivity contribution in [2.45, 2.75) is 6.92 Å². The molecule has 1 aromatic heterocycles. The van der Waals surface area contributed by atoms with Crippen LogP contribution in [0.1, 0.15) is 5.82 Å². The molecule has 0 bridgehead atoms. The van der Waals surface area contributed by atoms with E-state index in [0.717, 1.165) is 0 Å². The maximum absolute atomic E-state index is 10.7. The molecule has 9 nitrogen and oxygen atoms in total. The first kappa shape index (κ1) is 10.7. The number of hydrogen-bond acceptors (Lipinski definition) is 6. The number of azide groups is 1. The smallest absolute Gasteiger partial charge is 0.356 e. The van der Waals surface area contributed by atoms with Crippen molar-refractivity contribution < 1.29 is 9.63 Å². The van der Waals surface area contributed by atoms with Crippen LogP contribution in [0.25, 0.3) is 10.4 Å². The van der Waals surface area contributed by atoms with E-state index in [1.54, 1.807) is 6.92 Å². The SMILES string of the molecule is Cc1nc(N=[N+]=[N-])cc(NC(=O)ON)n1. The Morgan fingerprint density at radius 1 is 1.73 bits per heavy atom. The summed E-state index contributed by atoms with van der Waals surface area (Å²) >= 11 is 0. The molecule has 0 aliphatic heterocycles. The summed E-state index contributed by atoms with van der Waals surface area (Å²) in [5, 5.41) is 5.48. The molecule has 1 amide bonds. The van der Waals surface area contributed by atoms with Gasteiger partial charge in [0.1, 0.15) is 17.5 Å². The fourth-order valence-electron chi connectivity index (χ4n) is 0.847. The highest BCUT2D eigenvalue weighted by Crippen LogP contribution is 2.13. The zero-order chi connectivity index (χ0) is 11.3. The van der Waals surface area contributed by atoms with Gasteiger partial charge < -0.3 is 4.84 Å². The Morgan fingerprint density at radius 3 is 3.07 bits per heavy atom. The summed E-state index contributed by atoms with van der Waals surface area (Å²) in [5.74, 6) is 5.19. The van der Waals surface area contributed by atoms with Crippen LogP contribution in [-0.2, 0) is 4.84 Å². The molecule has 0 spiro atoms. The van der Waals surface area contributed by atoms with Crippen LogP contribution in [0, 0.1) is 6.92 Å². The predicted molar refractivity (Wildman–Crippen MR) is 49.9 cm³/mol. The van der Waals surface area contributed by atoms with E-state index in [1.807, 2.05) is 0 Å². The maximum Gasteiger partial charge on any atom is 0.431 e. The summed E-state index contributed by atoms with van der Waals surface area (Å²) in [7, 11) is 0. The van der Waals surface area contributed by atoms with Gasteiger partial charge in [-0.1, -0.05) is 0 Å². The normalized spacial score (nSPS) is 8.93. The van der Waals surface area contributed by atoms with E-state index < -0.39 is 6.09 Å². The third-order valence-electron chi connectivity index (χ3n) is 1.31. The van der Waals surface area contributed by atoms with E-state index in [0.29, 0.717) is 5.82 Å². The summed E-state index contributed by atoms with van der Waals surface area (Å²) in [4.78, 5) is 24.8. The van der Waals surface area contributed by atoms with Gasteiger partial charge in [-0.2, -0.15) is 5.90 Å². The van der Waals surface area contributed by atoms with Crippen molar-refractivity contribution in [2.75, 3.05) is 5.32 Å². The van der Waals surface area contributed by atoms with Gasteiger partial charge in [0, 0.05) is 11.0 Å². The van der Waals surface area contributed by atoms with E-state index in [1.165, 1.54) is 6.07 Å². The molecular weight excluding hydrogens is 202 g/mol. The molecule has 0 aliphatic rings. The van der Waals surface area contributed by atoms with Crippen LogP contribution in [0.2, 0.25) is 0 Å². The highest BCUT2D eigenvalue weighted by molar-refractivity contribution is 5.83. The number of nitrogens with zero attached hydrogens (tertiary/aromatic N) is 5. The second-order valence-corrected chi connectivity index (χ2v) is 2.38. The van der Waals surface area contributed by atoms with E-state index >= 15 is 0 Å². The Kier molecular flexibility index (Phi) is 3.38. The van der Waals surface area contributed by atoms with Gasteiger partial charge in [-0.3, -0.25) is 5.32 Å². The molecule has 0 unspecified atom stereocenters. The molecule has 1 aromatic rings. The first-order chi connectivity index (χ1) is 7.15. The van der Waals surface area contributed by atoms with E-state index in [9.17, 15) is 4.79 Å². The van der Waals surface area contributed by atoms with Crippen LogP contribution in [0.15, 0.2) is 11.2 Å². The molecule has 0 aliphatic carbocycles. The largest absolute Gasteiger partial charge is 0.431 e. The lowest BCUT2D eigenvalue weighted by molar-refractivity contribution is 0.163. The van der Waals surface area contributed by atoms with Crippen molar-refractivity contribution in [3.63, 3.8) is 0 Å². The van der Waals surface area contributed by atoms with Gasteiger partial charge in [-0.15, -0.1) is 0 Å². The fourth-order valence-corrected chi connectivity index (χ4v) is 0.847. The number of hydrogen-bond donors (Lipinski definition) is 2. The van der Waals surface area contributed by atoms with Crippen molar-refractivity contribution in [3.8, 4) is 0 Å². The van der Waals surface area contributed by atoms with E-state index in [4.69, 9.17) is 5.53 Å². The molecule has 1 rings (SSSR count). The fraction of sp³-hybridized carbons (Fsp3) is 0.167. The van der Waals surface area contributed by atoms with E-state index in [2.05, 4.69) is 36.0 Å². The second kappa shape index (κ2) is 4.74. The number of aryl methyl sites for hydroxylation is 1. The van der Waals surface area contributed by atoms with E-state index in [-0.39, 0.29) is 11.6 Å². The average Bonchev–Trinajstić information content (AvgIpc) is 2.17. The number of anilines is 1. The van der Waals surface area contributed by atoms with Crippen molar-refractivity contribution >= 4 is 17.7 Å². The van der Waals surface area contributed by atoms with Gasteiger partial charge in [-0.25, -0.2) is 14.8 Å². The first-order valence-corrected chi connectivity index (χ1v) is 3.74. The van der Waals surface area contributed by atoms with Crippen molar-refractivity contribution in [3.05, 3.63) is 22.3 Å². The molecule has 0 radical (unpaired) electrons. The van der Waals surface area contributed by atoms with Crippen molar-refractivity contribution in [1.82, 2.24) is 9.97 Å². The summed E-state index contributed by atoms with van der Waals surface area (Å²) < 4.78 is 0. The zero-order valence-corrected chi connectivity index (χ0v) is 7.71. The molecule has 3 N–H and O–H groups in total. The minimum Gasteiger partial charge on any atom is -0.356 e. The number of carbonyl (C=O) groups excluding carboxylic acids is 1. The van der Waals surface area contributed by atoms with Crippen LogP contribution in [-0.4, -0.2) is 16.1 Å². The molecule has 0 fully saturated rings. The van der Waals surface area contributed by atoms with Gasteiger partial charge >= 0.3 is 6.09 Å². The summed E-state index contributed by atoms with van der Waals surface area (Å²) in [5.41, 5.74) is 8.20. The van der Waals surface area contributed by atoms with Gasteiger partial charge in [0.05, 0.1) is 0 Å². The van der Waals surface area contributed by atoms with Crippen LogP contribution in [0.5, 0.6) is 0 Å². The summed E-state index contributed by atoms with van der Waals surface area (Å²) in [6.45, 7) is 1.58. The highest BCUT2D eigenvalue weighted by Gasteiger charge is 2.04. The molecule has 1 heterocycles. The lowest BCUT2D eigenvalue weighted by Gasteiger charge is -2.03. The molecule has 0 saturated heterocycles. The van der Waals surface area contributed by atoms with Crippen molar-refractivity contribution in [1.29, 1.82) is 0 Å². The minimum atomic E-state index is -0.875. The molecule has 15 heavy (non-hydrogen) atoms. The number of carbonyl (C=O) groups is 1. The van der Waals surface area contributed by atoms with Gasteiger partial charge in [-0.05, 0) is 17.6 Å². The Morgan fingerprint density at radius 2 is 2.47 bits per heavy atom. The average molecular weight is 209 g/mol. The Labute approximate surface area is 83.9 Å². The zero-order valence-electron chi connectivity index (χ0n) is 7.71. The quantitative estimate of drug-likeness (QED) is 0.325. The van der Waals surface area contributed by atoms with Crippen LogP contribution < -0.4 is 11.2 Å². The standard InChI is InChI=1S/C6H7N7O2/c1-3-9-4(11-6(14)15-8)2-5(10-3)12-13-7/h2H,8H2,1H3,(H,9,10,11,14). The molecule has 78 valence electrons. The van der Waals surface area contributed by atoms with Crippen molar-refractivity contribution in [2.24, 2.45) is 11.0 Å². The van der Waals surface area contributed by atoms with Gasteiger partial charge in [0.2, 0.25) is 0 Å². The minimum absolute atomic E-state index is 0.0947. The molecule has 0 saturated carbocycles. The molecule has 9 heteroatoms. The Hall–Kier alpha value is -2.38. The summed E-state index contributed by atoms with van der Waals surface area (Å²) in [6.07, 6.45) is -0.875. The van der Waals surface area contributed by atoms with Crippen LogP contribution in [0.3, 0.4) is 0 Å². The number of amides is 1. The lowest BCUT2D eigenvalue weighted by Crippen LogP contribution is -2.18. The highest BCUT2D eigenvalue weighted by atomic mass is 16.7. The van der Waals surface area contributed by atoms with Crippen LogP contribution in [0.4, 0.5) is 16.4 Å². The molecule has 0 aromatic carbocycles. The third-order valence-corrected chi connectivity index (χ3v) is 1.31. The molecular formula is C6H7N7O2. The van der Waals surface area contributed by atoms with Gasteiger partial charge in [0.25, 0.3) is 0 Å². The number of nitrogens with one attached hydrogen (secondary N) is 1. The topological polar surface area (TPSA) is 139 Å². The predicted octanol–water partition coefficient (Wildman–Crippen LogP) is 1.15. The number of nitrogens with two attached hydrogens (primary N) is 1. The van der Waals surface area contributed by atoms with Gasteiger partial charge in [0.15, 0.2) is 0 Å². The van der Waals surface area contributed by atoms with Crippen LogP contribution >= 0.6 is 0 Å². The number of rotatable bonds is 2. The Bertz CT molecular complexity index is 425. The lowest BCUT2D eigenvalue weighted by atomic mass is 10.5. The number of aromatic nitrogens is 2. The maximum atomic E-state index is 10.7. The Balaban J connectivity index is 2.98. The monoisotopic (exact) mass is 209 g/mol.